The number of aromatic nitrogens is 1. The lowest BCUT2D eigenvalue weighted by molar-refractivity contribution is 0.612. The molecular formula is C5H2Br2FN. The van der Waals surface area contributed by atoms with E-state index >= 15 is 0 Å². The molecule has 0 spiro atoms. The molecule has 0 aliphatic rings. The lowest BCUT2D eigenvalue weighted by Crippen LogP contribution is -1.81. The maximum absolute atomic E-state index is 12.4. The van der Waals surface area contributed by atoms with Crippen LogP contribution in [0.4, 0.5) is 4.39 Å². The molecule has 0 aliphatic heterocycles. The molecule has 0 aliphatic carbocycles. The number of pyridine rings is 1. The van der Waals surface area contributed by atoms with Gasteiger partial charge in [0, 0.05) is 0 Å². The molecule has 1 aromatic heterocycles. The predicted molar refractivity (Wildman–Crippen MR) is 39.6 cm³/mol. The van der Waals surface area contributed by atoms with Gasteiger partial charge >= 0.3 is 0 Å². The molecule has 0 saturated heterocycles. The Morgan fingerprint density at radius 3 is 2.44 bits per heavy atom. The van der Waals surface area contributed by atoms with Crippen LogP contribution in [0.1, 0.15) is 0 Å². The van der Waals surface area contributed by atoms with Gasteiger partial charge in [-0.15, -0.1) is 0 Å². The summed E-state index contributed by atoms with van der Waals surface area (Å²) in [6.07, 6.45) is 0. The third kappa shape index (κ3) is 1.72. The second-order valence-electron chi connectivity index (χ2n) is 1.41. The topological polar surface area (TPSA) is 12.9 Å². The Labute approximate surface area is 68.6 Å². The summed E-state index contributed by atoms with van der Waals surface area (Å²) in [5, 5.41) is 0. The van der Waals surface area contributed by atoms with Crippen LogP contribution in [-0.2, 0) is 0 Å². The van der Waals surface area contributed by atoms with Gasteiger partial charge in [-0.1, -0.05) is 0 Å². The van der Waals surface area contributed by atoms with Crippen molar-refractivity contribution in [2.75, 3.05) is 0 Å². The van der Waals surface area contributed by atoms with Crippen LogP contribution < -0.4 is 0 Å². The quantitative estimate of drug-likeness (QED) is 0.649. The molecule has 0 N–H and O–H groups in total. The monoisotopic (exact) mass is 253 g/mol. The van der Waals surface area contributed by atoms with E-state index < -0.39 is 0 Å². The lowest BCUT2D eigenvalue weighted by Gasteiger charge is -1.91. The highest BCUT2D eigenvalue weighted by atomic mass is 79.9. The average Bonchev–Trinajstić information content (AvgIpc) is 1.80. The van der Waals surface area contributed by atoms with Crippen LogP contribution in [0, 0.1) is 5.82 Å². The second-order valence-corrected chi connectivity index (χ2v) is 2.97. The van der Waals surface area contributed by atoms with E-state index in [4.69, 9.17) is 0 Å². The first-order valence-electron chi connectivity index (χ1n) is 2.17. The van der Waals surface area contributed by atoms with Gasteiger partial charge in [0.1, 0.15) is 9.21 Å². The van der Waals surface area contributed by atoms with Crippen LogP contribution in [0.25, 0.3) is 0 Å². The summed E-state index contributed by atoms with van der Waals surface area (Å²) < 4.78 is 13.2. The van der Waals surface area contributed by atoms with Gasteiger partial charge in [-0.25, -0.2) is 9.37 Å². The minimum Gasteiger partial charge on any atom is -0.231 e. The maximum Gasteiger partial charge on any atom is 0.156 e. The van der Waals surface area contributed by atoms with Crippen LogP contribution in [0.15, 0.2) is 21.3 Å². The molecule has 0 radical (unpaired) electrons. The lowest BCUT2D eigenvalue weighted by atomic mass is 10.5. The second kappa shape index (κ2) is 2.75. The molecule has 9 heavy (non-hydrogen) atoms. The molecule has 0 unspecified atom stereocenters. The van der Waals surface area contributed by atoms with Crippen molar-refractivity contribution >= 4 is 31.9 Å². The number of nitrogens with zero attached hydrogens (tertiary/aromatic N) is 1. The van der Waals surface area contributed by atoms with E-state index in [1.54, 1.807) is 6.07 Å². The van der Waals surface area contributed by atoms with E-state index in [2.05, 4.69) is 36.8 Å². The van der Waals surface area contributed by atoms with Crippen molar-refractivity contribution in [3.63, 3.8) is 0 Å². The first-order valence-corrected chi connectivity index (χ1v) is 3.76. The largest absolute Gasteiger partial charge is 0.231 e. The number of hydrogen-bond acceptors (Lipinski definition) is 1. The highest BCUT2D eigenvalue weighted by Crippen LogP contribution is 2.15. The van der Waals surface area contributed by atoms with Crippen LogP contribution in [-0.4, -0.2) is 4.98 Å². The first-order chi connectivity index (χ1) is 4.20. The SMILES string of the molecule is Fc1ccc(Br)nc1Br. The number of hydrogen-bond donors (Lipinski definition) is 0. The van der Waals surface area contributed by atoms with Crippen molar-refractivity contribution in [3.05, 3.63) is 27.2 Å². The molecule has 0 aromatic carbocycles. The zero-order chi connectivity index (χ0) is 6.85. The Balaban J connectivity index is 3.17. The smallest absolute Gasteiger partial charge is 0.156 e. The van der Waals surface area contributed by atoms with E-state index in [0.29, 0.717) is 4.60 Å². The van der Waals surface area contributed by atoms with E-state index in [9.17, 15) is 4.39 Å². The van der Waals surface area contributed by atoms with E-state index in [1.807, 2.05) is 0 Å². The van der Waals surface area contributed by atoms with Gasteiger partial charge in [-0.05, 0) is 44.0 Å². The van der Waals surface area contributed by atoms with Gasteiger partial charge in [0.25, 0.3) is 0 Å². The van der Waals surface area contributed by atoms with Gasteiger partial charge in [-0.2, -0.15) is 0 Å². The summed E-state index contributed by atoms with van der Waals surface area (Å²) in [5.74, 6) is -0.349. The first kappa shape index (κ1) is 7.15. The number of rotatable bonds is 0. The average molecular weight is 255 g/mol. The summed E-state index contributed by atoms with van der Waals surface area (Å²) in [6, 6.07) is 2.88. The predicted octanol–water partition coefficient (Wildman–Crippen LogP) is 2.75. The van der Waals surface area contributed by atoms with E-state index in [-0.39, 0.29) is 10.4 Å². The molecule has 0 bridgehead atoms. The molecule has 0 saturated carbocycles. The molecule has 0 fully saturated rings. The Morgan fingerprint density at radius 2 is 2.00 bits per heavy atom. The van der Waals surface area contributed by atoms with Crippen LogP contribution in [0.2, 0.25) is 0 Å². The standard InChI is InChI=1S/C5H2Br2FN/c6-4-2-1-3(8)5(7)9-4/h1-2H. The molecule has 0 atom stereocenters. The molecule has 4 heteroatoms. The summed E-state index contributed by atoms with van der Waals surface area (Å²) >= 11 is 6.02. The highest BCUT2D eigenvalue weighted by Gasteiger charge is 1.97. The van der Waals surface area contributed by atoms with Crippen molar-refractivity contribution < 1.29 is 4.39 Å². The molecule has 1 aromatic rings. The fourth-order valence-corrected chi connectivity index (χ4v) is 1.27. The normalized spacial score (nSPS) is 9.67. The Hall–Kier alpha value is 0.0400. The van der Waals surface area contributed by atoms with Gasteiger partial charge < -0.3 is 0 Å². The Morgan fingerprint density at radius 1 is 1.33 bits per heavy atom. The van der Waals surface area contributed by atoms with Gasteiger partial charge in [0.15, 0.2) is 5.82 Å². The Kier molecular flexibility index (Phi) is 2.18. The summed E-state index contributed by atoms with van der Waals surface area (Å²) in [6.45, 7) is 0. The van der Waals surface area contributed by atoms with Crippen LogP contribution in [0.3, 0.4) is 0 Å². The molecular weight excluding hydrogens is 253 g/mol. The van der Waals surface area contributed by atoms with Gasteiger partial charge in [0.2, 0.25) is 0 Å². The van der Waals surface area contributed by atoms with Crippen LogP contribution >= 0.6 is 31.9 Å². The van der Waals surface area contributed by atoms with Crippen molar-refractivity contribution in [2.24, 2.45) is 0 Å². The highest BCUT2D eigenvalue weighted by molar-refractivity contribution is 9.11. The van der Waals surface area contributed by atoms with Gasteiger partial charge in [-0.3, -0.25) is 0 Å². The third-order valence-corrected chi connectivity index (χ3v) is 1.77. The minimum absolute atomic E-state index is 0.233. The molecule has 0 amide bonds. The van der Waals surface area contributed by atoms with Gasteiger partial charge in [0.05, 0.1) is 0 Å². The third-order valence-electron chi connectivity index (χ3n) is 0.769. The van der Waals surface area contributed by atoms with Crippen molar-refractivity contribution in [1.29, 1.82) is 0 Å². The van der Waals surface area contributed by atoms with Crippen molar-refractivity contribution in [3.8, 4) is 0 Å². The van der Waals surface area contributed by atoms with E-state index in [1.165, 1.54) is 6.07 Å². The van der Waals surface area contributed by atoms with Crippen molar-refractivity contribution in [2.45, 2.75) is 0 Å². The molecule has 48 valence electrons. The summed E-state index contributed by atoms with van der Waals surface area (Å²) in [4.78, 5) is 3.73. The van der Waals surface area contributed by atoms with E-state index in [0.717, 1.165) is 0 Å². The zero-order valence-electron chi connectivity index (χ0n) is 4.24. The fraction of sp³-hybridized carbons (Fsp3) is 0. The molecule has 1 rings (SSSR count). The minimum atomic E-state index is -0.349. The molecule has 1 heterocycles. The Bertz CT molecular complexity index is 226. The zero-order valence-corrected chi connectivity index (χ0v) is 7.41. The van der Waals surface area contributed by atoms with Crippen LogP contribution in [0.5, 0.6) is 0 Å². The molecule has 1 nitrogen and oxygen atoms in total. The number of halogens is 3. The maximum atomic E-state index is 12.4. The van der Waals surface area contributed by atoms with Crippen molar-refractivity contribution in [1.82, 2.24) is 4.98 Å². The summed E-state index contributed by atoms with van der Waals surface area (Å²) in [5.41, 5.74) is 0. The fourth-order valence-electron chi connectivity index (χ4n) is 0.395. The summed E-state index contributed by atoms with van der Waals surface area (Å²) in [7, 11) is 0.